The molecule has 1 aliphatic carbocycles. The number of fused-ring (bicyclic) bond motifs is 9. The van der Waals surface area contributed by atoms with Gasteiger partial charge in [0.05, 0.1) is 5.41 Å². The highest BCUT2D eigenvalue weighted by Crippen LogP contribution is 2.62. The Morgan fingerprint density at radius 3 is 1.64 bits per heavy atom. The average molecular weight is 580 g/mol. The highest BCUT2D eigenvalue weighted by Gasteiger charge is 2.50. The van der Waals surface area contributed by atoms with Crippen molar-refractivity contribution in [3.63, 3.8) is 0 Å². The van der Waals surface area contributed by atoms with Crippen LogP contribution in [0, 0.1) is 0 Å². The minimum Gasteiger partial charge on any atom is -0.224 e. The minimum absolute atomic E-state index is 0.394. The Balaban J connectivity index is 1.26. The summed E-state index contributed by atoms with van der Waals surface area (Å²) in [6, 6.07) is 53.8. The number of benzene rings is 6. The van der Waals surface area contributed by atoms with E-state index in [4.69, 9.17) is 15.2 Å². The van der Waals surface area contributed by atoms with E-state index in [-0.39, 0.29) is 0 Å². The molecule has 2 aliphatic rings. The van der Waals surface area contributed by atoms with Gasteiger partial charge in [-0.2, -0.15) is 0 Å². The maximum atomic E-state index is 5.16. The lowest BCUT2D eigenvalue weighted by Gasteiger charge is -2.39. The van der Waals surface area contributed by atoms with Gasteiger partial charge in [-0.15, -0.1) is 10.2 Å². The third-order valence-electron chi connectivity index (χ3n) is 8.89. The first-order chi connectivity index (χ1) is 21.8. The topological polar surface area (TPSA) is 38.7 Å². The molecule has 0 fully saturated rings. The smallest absolute Gasteiger partial charge is 0.182 e. The Morgan fingerprint density at radius 1 is 0.409 bits per heavy atom. The van der Waals surface area contributed by atoms with Crippen molar-refractivity contribution in [2.24, 2.45) is 0 Å². The van der Waals surface area contributed by atoms with E-state index in [2.05, 4.69) is 115 Å². The zero-order valence-corrected chi connectivity index (χ0v) is 24.5. The molecule has 7 aromatic rings. The first-order valence-corrected chi connectivity index (χ1v) is 15.6. The fourth-order valence-electron chi connectivity index (χ4n) is 7.04. The third-order valence-corrected chi connectivity index (χ3v) is 10.0. The number of rotatable bonds is 3. The summed E-state index contributed by atoms with van der Waals surface area (Å²) in [6.07, 6.45) is 0. The van der Waals surface area contributed by atoms with Crippen molar-refractivity contribution >= 4 is 11.8 Å². The monoisotopic (exact) mass is 579 g/mol. The molecule has 3 nitrogen and oxygen atoms in total. The van der Waals surface area contributed by atoms with Crippen LogP contribution in [0.5, 0.6) is 0 Å². The Labute approximate surface area is 260 Å². The number of hydrogen-bond donors (Lipinski definition) is 0. The van der Waals surface area contributed by atoms with E-state index in [1.54, 1.807) is 0 Å². The second-order valence-corrected chi connectivity index (χ2v) is 12.3. The number of aromatic nitrogens is 3. The Kier molecular flexibility index (Phi) is 5.65. The predicted octanol–water partition coefficient (Wildman–Crippen LogP) is 9.70. The van der Waals surface area contributed by atoms with Gasteiger partial charge in [0.1, 0.15) is 11.4 Å². The van der Waals surface area contributed by atoms with Crippen LogP contribution < -0.4 is 0 Å². The second-order valence-electron chi connectivity index (χ2n) is 11.2. The maximum absolute atomic E-state index is 5.16. The zero-order valence-electron chi connectivity index (χ0n) is 23.7. The van der Waals surface area contributed by atoms with Crippen LogP contribution in [-0.2, 0) is 5.41 Å². The van der Waals surface area contributed by atoms with Crippen molar-refractivity contribution in [1.29, 1.82) is 0 Å². The van der Waals surface area contributed by atoms with E-state index < -0.39 is 5.41 Å². The Morgan fingerprint density at radius 2 is 0.955 bits per heavy atom. The lowest BCUT2D eigenvalue weighted by Crippen LogP contribution is -2.31. The molecule has 0 saturated carbocycles. The molecule has 2 heterocycles. The van der Waals surface area contributed by atoms with Gasteiger partial charge < -0.3 is 0 Å². The van der Waals surface area contributed by atoms with Gasteiger partial charge in [0, 0.05) is 26.5 Å². The largest absolute Gasteiger partial charge is 0.224 e. The van der Waals surface area contributed by atoms with Gasteiger partial charge in [0.15, 0.2) is 5.82 Å². The number of hydrogen-bond acceptors (Lipinski definition) is 4. The fourth-order valence-corrected chi connectivity index (χ4v) is 8.27. The lowest BCUT2D eigenvalue weighted by molar-refractivity contribution is 0.722. The quantitative estimate of drug-likeness (QED) is 0.209. The Hall–Kier alpha value is -5.32. The summed E-state index contributed by atoms with van der Waals surface area (Å²) in [4.78, 5) is 7.64. The van der Waals surface area contributed by atoms with E-state index in [0.717, 1.165) is 28.1 Å². The molecule has 0 N–H and O–H groups in total. The van der Waals surface area contributed by atoms with E-state index in [0.29, 0.717) is 5.82 Å². The lowest BCUT2D eigenvalue weighted by atomic mass is 9.67. The molecule has 0 saturated heterocycles. The van der Waals surface area contributed by atoms with E-state index in [1.807, 2.05) is 48.2 Å². The summed E-state index contributed by atoms with van der Waals surface area (Å²) in [6.45, 7) is 0. The molecule has 9 rings (SSSR count). The van der Waals surface area contributed by atoms with Crippen LogP contribution in [0.25, 0.3) is 45.0 Å². The average Bonchev–Trinajstić information content (AvgIpc) is 3.39. The Bertz CT molecular complexity index is 2160. The molecule has 1 aliphatic heterocycles. The third kappa shape index (κ3) is 3.61. The molecule has 1 aromatic heterocycles. The number of nitrogens with zero attached hydrogens (tertiary/aromatic N) is 3. The van der Waals surface area contributed by atoms with Crippen LogP contribution in [0.2, 0.25) is 0 Å². The maximum Gasteiger partial charge on any atom is 0.182 e. The highest BCUT2D eigenvalue weighted by atomic mass is 32.2. The van der Waals surface area contributed by atoms with Crippen molar-refractivity contribution in [3.05, 3.63) is 174 Å². The van der Waals surface area contributed by atoms with E-state index in [1.165, 1.54) is 43.2 Å². The first kappa shape index (κ1) is 25.2. The van der Waals surface area contributed by atoms with Crippen LogP contribution in [0.3, 0.4) is 0 Å². The van der Waals surface area contributed by atoms with Gasteiger partial charge in [-0.05, 0) is 45.5 Å². The van der Waals surface area contributed by atoms with E-state index in [9.17, 15) is 0 Å². The van der Waals surface area contributed by atoms with Crippen molar-refractivity contribution in [3.8, 4) is 45.0 Å². The summed E-state index contributed by atoms with van der Waals surface area (Å²) in [5, 5.41) is 9.46. The molecule has 206 valence electrons. The SMILES string of the molecule is c1ccc(-c2nnc(-c3ccc4c(c3)Sc3ccccc3C43c4ccccc4-c4ccccc43)nc2-c2ccccc2)cc1. The second kappa shape index (κ2) is 9.87. The van der Waals surface area contributed by atoms with Crippen LogP contribution in [0.1, 0.15) is 22.3 Å². The summed E-state index contributed by atoms with van der Waals surface area (Å²) in [5.74, 6) is 0.618. The molecule has 0 bridgehead atoms. The molecule has 44 heavy (non-hydrogen) atoms. The molecule has 4 heteroatoms. The predicted molar refractivity (Wildman–Crippen MR) is 178 cm³/mol. The fraction of sp³-hybridized carbons (Fsp3) is 0.0250. The van der Waals surface area contributed by atoms with Crippen molar-refractivity contribution in [2.75, 3.05) is 0 Å². The molecule has 0 radical (unpaired) electrons. The summed E-state index contributed by atoms with van der Waals surface area (Å²) in [7, 11) is 0. The molecule has 0 atom stereocenters. The van der Waals surface area contributed by atoms with Crippen LogP contribution in [-0.4, -0.2) is 15.2 Å². The highest BCUT2D eigenvalue weighted by molar-refractivity contribution is 7.99. The summed E-state index contributed by atoms with van der Waals surface area (Å²) >= 11 is 1.83. The van der Waals surface area contributed by atoms with Gasteiger partial charge in [-0.3, -0.25) is 0 Å². The molecular weight excluding hydrogens is 555 g/mol. The van der Waals surface area contributed by atoms with Crippen molar-refractivity contribution in [2.45, 2.75) is 15.2 Å². The molecular formula is C40H25N3S. The van der Waals surface area contributed by atoms with Gasteiger partial charge in [0.25, 0.3) is 0 Å². The standard InChI is InChI=1S/C40H25N3S/c1-3-13-26(14-4-1)37-38(27-15-5-2-6-16-27)42-43-39(41-37)28-23-24-34-36(25-28)44-35-22-12-11-21-33(35)40(34)31-19-9-7-17-29(31)30-18-8-10-20-32(30)40/h1-25H. The normalized spacial score (nSPS) is 13.5. The zero-order chi connectivity index (χ0) is 29.1. The molecule has 0 amide bonds. The van der Waals surface area contributed by atoms with Crippen molar-refractivity contribution in [1.82, 2.24) is 15.2 Å². The molecule has 6 aromatic carbocycles. The van der Waals surface area contributed by atoms with Gasteiger partial charge in [0.2, 0.25) is 0 Å². The molecule has 0 unspecified atom stereocenters. The van der Waals surface area contributed by atoms with E-state index >= 15 is 0 Å². The van der Waals surface area contributed by atoms with Gasteiger partial charge in [-0.1, -0.05) is 151 Å². The van der Waals surface area contributed by atoms with Crippen LogP contribution in [0.4, 0.5) is 0 Å². The van der Waals surface area contributed by atoms with Crippen LogP contribution in [0.15, 0.2) is 161 Å². The summed E-state index contributed by atoms with van der Waals surface area (Å²) in [5.41, 5.74) is 12.1. The van der Waals surface area contributed by atoms with Crippen LogP contribution >= 0.6 is 11.8 Å². The van der Waals surface area contributed by atoms with Gasteiger partial charge in [-0.25, -0.2) is 4.98 Å². The van der Waals surface area contributed by atoms with Crippen molar-refractivity contribution < 1.29 is 0 Å². The summed E-state index contributed by atoms with van der Waals surface area (Å²) < 4.78 is 0. The first-order valence-electron chi connectivity index (χ1n) is 14.8. The van der Waals surface area contributed by atoms with Gasteiger partial charge >= 0.3 is 0 Å². The molecule has 1 spiro atoms. The minimum atomic E-state index is -0.394.